The van der Waals surface area contributed by atoms with Crippen LogP contribution in [0.2, 0.25) is 0 Å². The van der Waals surface area contributed by atoms with Gasteiger partial charge in [0, 0.05) is 70.3 Å². The van der Waals surface area contributed by atoms with Gasteiger partial charge in [-0.3, -0.25) is 9.59 Å². The first-order valence-corrected chi connectivity index (χ1v) is 11.2. The van der Waals surface area contributed by atoms with Crippen LogP contribution in [0.15, 0.2) is 35.5 Å². The third kappa shape index (κ3) is 5.50. The monoisotopic (exact) mass is 427 g/mol. The molecule has 160 valence electrons. The van der Waals surface area contributed by atoms with Crippen LogP contribution in [-0.2, 0) is 17.0 Å². The number of thioether (sulfide) groups is 1. The van der Waals surface area contributed by atoms with Crippen LogP contribution >= 0.6 is 11.8 Å². The molecule has 0 N–H and O–H groups in total. The van der Waals surface area contributed by atoms with Gasteiger partial charge >= 0.3 is 0 Å². The fourth-order valence-electron chi connectivity index (χ4n) is 3.28. The third-order valence-corrected chi connectivity index (χ3v) is 6.04. The quantitative estimate of drug-likeness (QED) is 0.522. The summed E-state index contributed by atoms with van der Waals surface area (Å²) >= 11 is 1.58. The van der Waals surface area contributed by atoms with Gasteiger partial charge < -0.3 is 14.7 Å². The number of amides is 2. The van der Waals surface area contributed by atoms with E-state index in [2.05, 4.69) is 16.9 Å². The van der Waals surface area contributed by atoms with Crippen LogP contribution in [-0.4, -0.2) is 71.9 Å². The van der Waals surface area contributed by atoms with Gasteiger partial charge in [-0.15, -0.1) is 0 Å². The van der Waals surface area contributed by atoms with Gasteiger partial charge in [-0.05, 0) is 24.1 Å². The maximum Gasteiger partial charge on any atom is 0.253 e. The fraction of sp³-hybridized carbons (Fsp3) is 0.455. The normalized spacial score (nSPS) is 14.0. The average molecular weight is 428 g/mol. The lowest BCUT2D eigenvalue weighted by Gasteiger charge is -2.34. The van der Waals surface area contributed by atoms with Crippen molar-refractivity contribution < 1.29 is 9.59 Å². The van der Waals surface area contributed by atoms with Gasteiger partial charge in [-0.2, -0.15) is 0 Å². The molecule has 7 nitrogen and oxygen atoms in total. The highest BCUT2D eigenvalue weighted by Gasteiger charge is 2.23. The second-order valence-electron chi connectivity index (χ2n) is 7.54. The first-order valence-electron chi connectivity index (χ1n) is 10.2. The molecule has 2 heterocycles. The summed E-state index contributed by atoms with van der Waals surface area (Å²) < 4.78 is 0. The van der Waals surface area contributed by atoms with E-state index in [1.807, 2.05) is 54.2 Å². The van der Waals surface area contributed by atoms with Gasteiger partial charge in [0.15, 0.2) is 5.16 Å². The number of carbonyl (C=O) groups is 2. The maximum absolute atomic E-state index is 12.9. The van der Waals surface area contributed by atoms with Crippen LogP contribution in [0.3, 0.4) is 0 Å². The minimum Gasteiger partial charge on any atom is -0.363 e. The number of hydrogen-bond donors (Lipinski definition) is 0. The molecule has 0 saturated carbocycles. The van der Waals surface area contributed by atoms with Crippen LogP contribution in [0, 0.1) is 0 Å². The minimum absolute atomic E-state index is 0.0178. The van der Waals surface area contributed by atoms with Gasteiger partial charge in [0.2, 0.25) is 5.91 Å². The lowest BCUT2D eigenvalue weighted by molar-refractivity contribution is -0.130. The predicted molar refractivity (Wildman–Crippen MR) is 120 cm³/mol. The van der Waals surface area contributed by atoms with E-state index in [1.54, 1.807) is 23.6 Å². The van der Waals surface area contributed by atoms with E-state index in [-0.39, 0.29) is 11.8 Å². The number of hydrogen-bond acceptors (Lipinski definition) is 6. The van der Waals surface area contributed by atoms with Crippen LogP contribution < -0.4 is 4.90 Å². The Morgan fingerprint density at radius 2 is 1.77 bits per heavy atom. The summed E-state index contributed by atoms with van der Waals surface area (Å²) in [6.45, 7) is 5.98. The molecule has 3 rings (SSSR count). The molecule has 1 fully saturated rings. The zero-order valence-electron chi connectivity index (χ0n) is 18.1. The number of aromatic nitrogens is 2. The Kier molecular flexibility index (Phi) is 7.31. The van der Waals surface area contributed by atoms with Crippen molar-refractivity contribution >= 4 is 29.4 Å². The molecule has 30 heavy (non-hydrogen) atoms. The van der Waals surface area contributed by atoms with E-state index in [0.29, 0.717) is 37.5 Å². The van der Waals surface area contributed by atoms with Crippen molar-refractivity contribution in [1.29, 1.82) is 0 Å². The Labute approximate surface area is 182 Å². The standard InChI is InChI=1S/C22H29N5O2S/c1-5-19-14-20(25(3)4)24-22(23-19)30-15-17-7-6-8-18(13-17)21(29)27-11-9-26(10-12-27)16(2)28/h6-8,13-14H,5,9-12,15H2,1-4H3. The van der Waals surface area contributed by atoms with Gasteiger partial charge in [-0.25, -0.2) is 9.97 Å². The third-order valence-electron chi connectivity index (χ3n) is 5.12. The SMILES string of the molecule is CCc1cc(N(C)C)nc(SCc2cccc(C(=O)N3CCN(C(C)=O)CC3)c2)n1. The van der Waals surface area contributed by atoms with Gasteiger partial charge in [0.05, 0.1) is 0 Å². The zero-order chi connectivity index (χ0) is 21.7. The molecule has 1 aromatic carbocycles. The van der Waals surface area contributed by atoms with Crippen molar-refractivity contribution in [3.8, 4) is 0 Å². The average Bonchev–Trinajstić information content (AvgIpc) is 2.77. The number of piperazine rings is 1. The summed E-state index contributed by atoms with van der Waals surface area (Å²) in [6, 6.07) is 9.75. The molecule has 0 radical (unpaired) electrons. The molecule has 1 saturated heterocycles. The van der Waals surface area contributed by atoms with Crippen molar-refractivity contribution in [2.75, 3.05) is 45.2 Å². The molecule has 8 heteroatoms. The molecule has 0 unspecified atom stereocenters. The molecule has 2 aromatic rings. The topological polar surface area (TPSA) is 69.6 Å². The van der Waals surface area contributed by atoms with Crippen molar-refractivity contribution in [1.82, 2.24) is 19.8 Å². The number of carbonyl (C=O) groups excluding carboxylic acids is 2. The van der Waals surface area contributed by atoms with Crippen molar-refractivity contribution in [3.63, 3.8) is 0 Å². The van der Waals surface area contributed by atoms with E-state index in [4.69, 9.17) is 0 Å². The Balaban J connectivity index is 1.65. The van der Waals surface area contributed by atoms with Gasteiger partial charge in [0.25, 0.3) is 5.91 Å². The van der Waals surface area contributed by atoms with E-state index in [9.17, 15) is 9.59 Å². The van der Waals surface area contributed by atoms with Crippen molar-refractivity contribution in [2.24, 2.45) is 0 Å². The number of nitrogens with zero attached hydrogens (tertiary/aromatic N) is 5. The number of benzene rings is 1. The fourth-order valence-corrected chi connectivity index (χ4v) is 4.10. The number of anilines is 1. The van der Waals surface area contributed by atoms with Crippen molar-refractivity contribution in [3.05, 3.63) is 47.2 Å². The van der Waals surface area contributed by atoms with E-state index < -0.39 is 0 Å². The summed E-state index contributed by atoms with van der Waals surface area (Å²) in [5, 5.41) is 0.745. The molecule has 0 bridgehead atoms. The molecule has 0 spiro atoms. The van der Waals surface area contributed by atoms with Gasteiger partial charge in [0.1, 0.15) is 5.82 Å². The molecule has 1 aliphatic heterocycles. The molecule has 1 aromatic heterocycles. The van der Waals surface area contributed by atoms with E-state index in [0.717, 1.165) is 28.7 Å². The lowest BCUT2D eigenvalue weighted by atomic mass is 10.1. The predicted octanol–water partition coefficient (Wildman–Crippen LogP) is 2.70. The highest BCUT2D eigenvalue weighted by Crippen LogP contribution is 2.23. The lowest BCUT2D eigenvalue weighted by Crippen LogP contribution is -2.50. The summed E-state index contributed by atoms with van der Waals surface area (Å²) in [4.78, 5) is 39.2. The molecule has 0 aliphatic carbocycles. The summed E-state index contributed by atoms with van der Waals surface area (Å²) in [5.41, 5.74) is 2.76. The van der Waals surface area contributed by atoms with Crippen LogP contribution in [0.1, 0.15) is 35.5 Å². The largest absolute Gasteiger partial charge is 0.363 e. The summed E-state index contributed by atoms with van der Waals surface area (Å²) in [7, 11) is 3.95. The highest BCUT2D eigenvalue weighted by atomic mass is 32.2. The van der Waals surface area contributed by atoms with Crippen LogP contribution in [0.4, 0.5) is 5.82 Å². The maximum atomic E-state index is 12.9. The van der Waals surface area contributed by atoms with Crippen LogP contribution in [0.5, 0.6) is 0 Å². The Morgan fingerprint density at radius 3 is 2.40 bits per heavy atom. The van der Waals surface area contributed by atoms with Crippen LogP contribution in [0.25, 0.3) is 0 Å². The highest BCUT2D eigenvalue weighted by molar-refractivity contribution is 7.98. The Hall–Kier alpha value is -2.61. The molecular weight excluding hydrogens is 398 g/mol. The first-order chi connectivity index (χ1) is 14.4. The Bertz CT molecular complexity index is 910. The second-order valence-corrected chi connectivity index (χ2v) is 8.48. The molecule has 2 amide bonds. The number of aryl methyl sites for hydroxylation is 1. The van der Waals surface area contributed by atoms with Gasteiger partial charge in [-0.1, -0.05) is 30.8 Å². The van der Waals surface area contributed by atoms with E-state index >= 15 is 0 Å². The Morgan fingerprint density at radius 1 is 1.07 bits per heavy atom. The smallest absolute Gasteiger partial charge is 0.253 e. The van der Waals surface area contributed by atoms with E-state index in [1.165, 1.54) is 0 Å². The molecule has 0 atom stereocenters. The summed E-state index contributed by atoms with van der Waals surface area (Å²) in [6.07, 6.45) is 0.859. The second kappa shape index (κ2) is 9.93. The first kappa shape index (κ1) is 22.1. The zero-order valence-corrected chi connectivity index (χ0v) is 18.9. The molecule has 1 aliphatic rings. The minimum atomic E-state index is 0.0178. The van der Waals surface area contributed by atoms with Crippen molar-refractivity contribution in [2.45, 2.75) is 31.2 Å². The summed E-state index contributed by atoms with van der Waals surface area (Å²) in [5.74, 6) is 1.68. The molecular formula is C22H29N5O2S. The number of rotatable bonds is 6.